The Labute approximate surface area is 65.4 Å². The van der Waals surface area contributed by atoms with Crippen LogP contribution in [-0.2, 0) is 0 Å². The van der Waals surface area contributed by atoms with Crippen LogP contribution < -0.4 is 0 Å². The third kappa shape index (κ3) is 1.64. The van der Waals surface area contributed by atoms with E-state index >= 15 is 0 Å². The van der Waals surface area contributed by atoms with Gasteiger partial charge in [-0.05, 0) is 12.2 Å². The van der Waals surface area contributed by atoms with Crippen molar-refractivity contribution < 1.29 is 0 Å². The first-order valence-electron chi connectivity index (χ1n) is 3.19. The second-order valence-corrected chi connectivity index (χ2v) is 1.83. The molecule has 0 bridgehead atoms. The quantitative estimate of drug-likeness (QED) is 0.596. The van der Waals surface area contributed by atoms with Crippen LogP contribution in [0.4, 0.5) is 0 Å². The molecular formula is C8H9N3. The maximum Gasteiger partial charge on any atom is 0.152 e. The molecule has 1 heterocycles. The highest BCUT2D eigenvalue weighted by Crippen LogP contribution is 1.96. The van der Waals surface area contributed by atoms with Crippen molar-refractivity contribution in [1.82, 2.24) is 9.66 Å². The second-order valence-electron chi connectivity index (χ2n) is 1.83. The summed E-state index contributed by atoms with van der Waals surface area (Å²) >= 11 is 0. The fourth-order valence-electron chi connectivity index (χ4n) is 0.671. The van der Waals surface area contributed by atoms with Gasteiger partial charge in [-0.3, -0.25) is 0 Å². The molecule has 0 aromatic carbocycles. The lowest BCUT2D eigenvalue weighted by molar-refractivity contribution is 0.868. The first-order valence-corrected chi connectivity index (χ1v) is 3.19. The average molecular weight is 147 g/mol. The zero-order valence-electron chi connectivity index (χ0n) is 6.14. The summed E-state index contributed by atoms with van der Waals surface area (Å²) in [4.78, 5) is 3.98. The van der Waals surface area contributed by atoms with Crippen LogP contribution in [0.1, 0.15) is 5.82 Å². The van der Waals surface area contributed by atoms with Crippen LogP contribution in [0.2, 0.25) is 0 Å². The zero-order chi connectivity index (χ0) is 8.10. The summed E-state index contributed by atoms with van der Waals surface area (Å²) in [6.45, 7) is 7.10. The summed E-state index contributed by atoms with van der Waals surface area (Å²) in [5, 5.41) is 4.00. The smallest absolute Gasteiger partial charge is 0.152 e. The Kier molecular flexibility index (Phi) is 2.38. The molecule has 1 aromatic heterocycles. The van der Waals surface area contributed by atoms with Crippen molar-refractivity contribution in [1.29, 1.82) is 0 Å². The van der Waals surface area contributed by atoms with Gasteiger partial charge in [0.05, 0.1) is 0 Å². The van der Waals surface area contributed by atoms with Crippen molar-refractivity contribution in [2.75, 3.05) is 0 Å². The van der Waals surface area contributed by atoms with Gasteiger partial charge in [0.1, 0.15) is 0 Å². The molecule has 0 radical (unpaired) electrons. The first-order chi connectivity index (χ1) is 5.38. The Morgan fingerprint density at radius 3 is 3.00 bits per heavy atom. The molecule has 0 saturated heterocycles. The minimum atomic E-state index is 0.725. The molecule has 1 aromatic rings. The molecule has 0 spiro atoms. The minimum Gasteiger partial charge on any atom is -0.236 e. The van der Waals surface area contributed by atoms with Gasteiger partial charge < -0.3 is 0 Å². The van der Waals surface area contributed by atoms with Gasteiger partial charge in [-0.15, -0.1) is 0 Å². The molecule has 11 heavy (non-hydrogen) atoms. The molecule has 0 N–H and O–H groups in total. The van der Waals surface area contributed by atoms with Crippen molar-refractivity contribution in [3.63, 3.8) is 0 Å². The third-order valence-corrected chi connectivity index (χ3v) is 1.13. The van der Waals surface area contributed by atoms with E-state index in [0.717, 1.165) is 5.82 Å². The topological polar surface area (TPSA) is 30.2 Å². The minimum absolute atomic E-state index is 0.725. The van der Waals surface area contributed by atoms with Crippen molar-refractivity contribution in [2.24, 2.45) is 5.10 Å². The molecule has 0 aliphatic heterocycles. The molecule has 3 nitrogen and oxygen atoms in total. The van der Waals surface area contributed by atoms with Gasteiger partial charge in [0.25, 0.3) is 0 Å². The number of imidazole rings is 1. The zero-order valence-corrected chi connectivity index (χ0v) is 6.14. The van der Waals surface area contributed by atoms with Crippen molar-refractivity contribution in [3.8, 4) is 0 Å². The van der Waals surface area contributed by atoms with E-state index in [1.807, 2.05) is 0 Å². The maximum atomic E-state index is 4.00. The number of nitrogens with zero attached hydrogens (tertiary/aromatic N) is 3. The number of allylic oxidation sites excluding steroid dienone is 1. The Balaban J connectivity index is 2.92. The summed E-state index contributed by atoms with van der Waals surface area (Å²) in [7, 11) is 0. The molecular weight excluding hydrogens is 138 g/mol. The van der Waals surface area contributed by atoms with Gasteiger partial charge in [0.15, 0.2) is 5.82 Å². The van der Waals surface area contributed by atoms with Crippen LogP contribution in [0, 0.1) is 0 Å². The number of rotatable bonds is 3. The standard InChI is InChI=1S/C8H9N3/c1-3-5-10-11-7-6-9-8(11)4-2/h3-7H,1-2H2/b10-5-. The predicted octanol–water partition coefficient (Wildman–Crippen LogP) is 1.55. The van der Waals surface area contributed by atoms with Crippen LogP contribution >= 0.6 is 0 Å². The highest BCUT2D eigenvalue weighted by Gasteiger charge is 1.91. The summed E-state index contributed by atoms with van der Waals surface area (Å²) in [6.07, 6.45) is 8.25. The van der Waals surface area contributed by atoms with Crippen LogP contribution in [0.3, 0.4) is 0 Å². The van der Waals surface area contributed by atoms with E-state index in [0.29, 0.717) is 0 Å². The lowest BCUT2D eigenvalue weighted by Gasteiger charge is -1.92. The Hall–Kier alpha value is -1.64. The predicted molar refractivity (Wildman–Crippen MR) is 46.4 cm³/mol. The molecule has 0 aliphatic rings. The highest BCUT2D eigenvalue weighted by molar-refractivity contribution is 5.70. The monoisotopic (exact) mass is 147 g/mol. The molecule has 1 rings (SSSR count). The molecule has 56 valence electrons. The first kappa shape index (κ1) is 7.47. The summed E-state index contributed by atoms with van der Waals surface area (Å²) in [5.74, 6) is 0.725. The van der Waals surface area contributed by atoms with Crippen LogP contribution in [0.5, 0.6) is 0 Å². The van der Waals surface area contributed by atoms with Crippen molar-refractivity contribution in [2.45, 2.75) is 0 Å². The van der Waals surface area contributed by atoms with E-state index in [4.69, 9.17) is 0 Å². The number of hydrogen-bond donors (Lipinski definition) is 0. The largest absolute Gasteiger partial charge is 0.236 e. The molecule has 3 heteroatoms. The molecule has 0 amide bonds. The van der Waals surface area contributed by atoms with E-state index in [-0.39, 0.29) is 0 Å². The molecule has 0 fully saturated rings. The fourth-order valence-corrected chi connectivity index (χ4v) is 0.671. The third-order valence-electron chi connectivity index (χ3n) is 1.13. The summed E-state index contributed by atoms with van der Waals surface area (Å²) in [5.41, 5.74) is 0. The van der Waals surface area contributed by atoms with E-state index in [2.05, 4.69) is 23.2 Å². The van der Waals surface area contributed by atoms with Crippen LogP contribution in [0.15, 0.2) is 36.7 Å². The summed E-state index contributed by atoms with van der Waals surface area (Å²) < 4.78 is 1.62. The molecule has 0 unspecified atom stereocenters. The van der Waals surface area contributed by atoms with Crippen molar-refractivity contribution in [3.05, 3.63) is 37.5 Å². The maximum absolute atomic E-state index is 4.00. The second kappa shape index (κ2) is 3.51. The van der Waals surface area contributed by atoms with Gasteiger partial charge in [0, 0.05) is 18.6 Å². The Morgan fingerprint density at radius 2 is 2.36 bits per heavy atom. The molecule has 0 saturated carbocycles. The van der Waals surface area contributed by atoms with Gasteiger partial charge >= 0.3 is 0 Å². The highest BCUT2D eigenvalue weighted by atomic mass is 15.4. The lowest BCUT2D eigenvalue weighted by Crippen LogP contribution is -1.89. The van der Waals surface area contributed by atoms with E-state index in [1.54, 1.807) is 35.4 Å². The van der Waals surface area contributed by atoms with Crippen LogP contribution in [0.25, 0.3) is 6.08 Å². The Bertz CT molecular complexity index is 283. The van der Waals surface area contributed by atoms with Gasteiger partial charge in [-0.2, -0.15) is 5.10 Å². The fraction of sp³-hybridized carbons (Fsp3) is 0. The molecule has 0 aliphatic carbocycles. The van der Waals surface area contributed by atoms with Crippen LogP contribution in [-0.4, -0.2) is 15.9 Å². The average Bonchev–Trinajstić information content (AvgIpc) is 2.47. The van der Waals surface area contributed by atoms with Gasteiger partial charge in [-0.25, -0.2) is 9.66 Å². The normalized spacial score (nSPS) is 10.2. The molecule has 0 atom stereocenters. The van der Waals surface area contributed by atoms with Gasteiger partial charge in [-0.1, -0.05) is 13.2 Å². The summed E-state index contributed by atoms with van der Waals surface area (Å²) in [6, 6.07) is 0. The lowest BCUT2D eigenvalue weighted by atomic mass is 10.6. The SMILES string of the molecule is C=C/C=N\n1ccnc1C=C. The Morgan fingerprint density at radius 1 is 1.55 bits per heavy atom. The van der Waals surface area contributed by atoms with E-state index in [9.17, 15) is 0 Å². The number of hydrogen-bond acceptors (Lipinski definition) is 2. The van der Waals surface area contributed by atoms with Crippen molar-refractivity contribution >= 4 is 12.3 Å². The number of aromatic nitrogens is 2. The van der Waals surface area contributed by atoms with Gasteiger partial charge in [0.2, 0.25) is 0 Å². The van der Waals surface area contributed by atoms with E-state index in [1.165, 1.54) is 0 Å². The van der Waals surface area contributed by atoms with E-state index < -0.39 is 0 Å².